The second-order valence-corrected chi connectivity index (χ2v) is 9.62. The number of hydrogen-bond donors (Lipinski definition) is 0. The molecule has 2 aliphatic heterocycles. The Bertz CT molecular complexity index is 983. The minimum absolute atomic E-state index is 0.0327. The maximum atomic E-state index is 12.6. The molecule has 0 N–H and O–H groups in total. The highest BCUT2D eigenvalue weighted by molar-refractivity contribution is 7.88. The SMILES string of the molecule is Cc1nn(C)cc1C(=O)N1CC(c2nc(C3CCN(S(C)(=O)=O)CC3)no2)C1. The zero-order valence-electron chi connectivity index (χ0n) is 16.2. The third-order valence-corrected chi connectivity index (χ3v) is 6.81. The van der Waals surface area contributed by atoms with Crippen LogP contribution in [-0.4, -0.2) is 75.9 Å². The van der Waals surface area contributed by atoms with Crippen molar-refractivity contribution in [3.63, 3.8) is 0 Å². The van der Waals surface area contributed by atoms with Crippen LogP contribution in [0, 0.1) is 6.92 Å². The normalized spacial score (nSPS) is 19.8. The van der Waals surface area contributed by atoms with Crippen LogP contribution in [0.15, 0.2) is 10.7 Å². The average Bonchev–Trinajstić information content (AvgIpc) is 3.19. The molecule has 2 aromatic rings. The fourth-order valence-corrected chi connectivity index (χ4v) is 4.68. The molecule has 28 heavy (non-hydrogen) atoms. The first-order valence-electron chi connectivity index (χ1n) is 9.30. The Balaban J connectivity index is 1.34. The lowest BCUT2D eigenvalue weighted by atomic mass is 9.96. The van der Waals surface area contributed by atoms with Crippen LogP contribution >= 0.6 is 0 Å². The molecule has 4 heterocycles. The smallest absolute Gasteiger partial charge is 0.257 e. The Morgan fingerprint density at radius 2 is 1.89 bits per heavy atom. The van der Waals surface area contributed by atoms with Gasteiger partial charge in [-0.1, -0.05) is 5.16 Å². The monoisotopic (exact) mass is 408 g/mol. The van der Waals surface area contributed by atoms with Crippen LogP contribution in [0.1, 0.15) is 52.4 Å². The van der Waals surface area contributed by atoms with Crippen LogP contribution < -0.4 is 0 Å². The summed E-state index contributed by atoms with van der Waals surface area (Å²) in [6.07, 6.45) is 4.33. The van der Waals surface area contributed by atoms with E-state index in [-0.39, 0.29) is 17.7 Å². The van der Waals surface area contributed by atoms with Gasteiger partial charge in [0.05, 0.1) is 23.4 Å². The van der Waals surface area contributed by atoms with Gasteiger partial charge in [-0.3, -0.25) is 9.48 Å². The molecule has 11 heteroatoms. The summed E-state index contributed by atoms with van der Waals surface area (Å²) in [5.41, 5.74) is 1.33. The topological polar surface area (TPSA) is 114 Å². The zero-order valence-corrected chi connectivity index (χ0v) is 17.0. The van der Waals surface area contributed by atoms with Gasteiger partial charge in [-0.15, -0.1) is 0 Å². The van der Waals surface area contributed by atoms with Crippen LogP contribution in [0.2, 0.25) is 0 Å². The quantitative estimate of drug-likeness (QED) is 0.723. The average molecular weight is 408 g/mol. The second kappa shape index (κ2) is 6.96. The number of aromatic nitrogens is 4. The summed E-state index contributed by atoms with van der Waals surface area (Å²) in [6.45, 7) is 3.86. The molecule has 0 unspecified atom stereocenters. The molecule has 2 aliphatic rings. The van der Waals surface area contributed by atoms with Gasteiger partial charge in [0, 0.05) is 45.3 Å². The molecule has 0 saturated carbocycles. The van der Waals surface area contributed by atoms with E-state index in [2.05, 4.69) is 15.2 Å². The van der Waals surface area contributed by atoms with Crippen molar-refractivity contribution >= 4 is 15.9 Å². The summed E-state index contributed by atoms with van der Waals surface area (Å²) in [4.78, 5) is 18.8. The molecule has 2 aromatic heterocycles. The van der Waals surface area contributed by atoms with E-state index in [9.17, 15) is 13.2 Å². The molecule has 0 radical (unpaired) electrons. The molecule has 2 saturated heterocycles. The largest absolute Gasteiger partial charge is 0.339 e. The first-order chi connectivity index (χ1) is 13.2. The molecule has 2 fully saturated rings. The van der Waals surface area contributed by atoms with Gasteiger partial charge in [0.1, 0.15) is 0 Å². The van der Waals surface area contributed by atoms with E-state index in [0.717, 1.165) is 5.69 Å². The van der Waals surface area contributed by atoms with Gasteiger partial charge < -0.3 is 9.42 Å². The van der Waals surface area contributed by atoms with E-state index in [1.165, 1.54) is 10.6 Å². The van der Waals surface area contributed by atoms with Crippen molar-refractivity contribution in [2.75, 3.05) is 32.4 Å². The van der Waals surface area contributed by atoms with Crippen molar-refractivity contribution < 1.29 is 17.7 Å². The van der Waals surface area contributed by atoms with E-state index < -0.39 is 10.0 Å². The van der Waals surface area contributed by atoms with Gasteiger partial charge in [-0.2, -0.15) is 10.1 Å². The highest BCUT2D eigenvalue weighted by Gasteiger charge is 2.37. The van der Waals surface area contributed by atoms with E-state index in [1.807, 2.05) is 6.92 Å². The molecule has 4 rings (SSSR count). The molecule has 0 bridgehead atoms. The van der Waals surface area contributed by atoms with E-state index in [4.69, 9.17) is 4.52 Å². The summed E-state index contributed by atoms with van der Waals surface area (Å²) in [5, 5.41) is 8.32. The second-order valence-electron chi connectivity index (χ2n) is 7.64. The van der Waals surface area contributed by atoms with Crippen LogP contribution in [0.5, 0.6) is 0 Å². The fourth-order valence-electron chi connectivity index (χ4n) is 3.81. The number of sulfonamides is 1. The molecule has 152 valence electrons. The lowest BCUT2D eigenvalue weighted by Gasteiger charge is -2.37. The van der Waals surface area contributed by atoms with Crippen molar-refractivity contribution in [2.45, 2.75) is 31.6 Å². The lowest BCUT2D eigenvalue weighted by Crippen LogP contribution is -2.48. The fraction of sp³-hybridized carbons (Fsp3) is 0.647. The van der Waals surface area contributed by atoms with E-state index >= 15 is 0 Å². The first-order valence-corrected chi connectivity index (χ1v) is 11.2. The number of aryl methyl sites for hydroxylation is 2. The Kier molecular flexibility index (Phi) is 4.74. The minimum atomic E-state index is -3.15. The van der Waals surface area contributed by atoms with Crippen LogP contribution in [0.4, 0.5) is 0 Å². The molecule has 1 amide bonds. The molecule has 0 aliphatic carbocycles. The maximum absolute atomic E-state index is 12.6. The summed E-state index contributed by atoms with van der Waals surface area (Å²) >= 11 is 0. The van der Waals surface area contributed by atoms with Crippen molar-refractivity contribution in [1.82, 2.24) is 29.1 Å². The van der Waals surface area contributed by atoms with E-state index in [1.54, 1.807) is 22.8 Å². The number of nitrogens with zero attached hydrogens (tertiary/aromatic N) is 6. The van der Waals surface area contributed by atoms with Crippen molar-refractivity contribution in [3.05, 3.63) is 29.2 Å². The summed E-state index contributed by atoms with van der Waals surface area (Å²) in [6, 6.07) is 0. The third-order valence-electron chi connectivity index (χ3n) is 5.51. The first kappa shape index (κ1) is 19.1. The summed E-state index contributed by atoms with van der Waals surface area (Å²) in [7, 11) is -1.35. The number of rotatable bonds is 4. The number of hydrogen-bond acceptors (Lipinski definition) is 7. The van der Waals surface area contributed by atoms with Crippen LogP contribution in [-0.2, 0) is 17.1 Å². The summed E-state index contributed by atoms with van der Waals surface area (Å²) < 4.78 is 31.8. The number of piperidine rings is 1. The predicted octanol–water partition coefficient (Wildman–Crippen LogP) is 0.490. The predicted molar refractivity (Wildman–Crippen MR) is 99.3 cm³/mol. The highest BCUT2D eigenvalue weighted by Crippen LogP contribution is 2.31. The Morgan fingerprint density at radius 1 is 1.21 bits per heavy atom. The molecule has 10 nitrogen and oxygen atoms in total. The van der Waals surface area contributed by atoms with Gasteiger partial charge in [0.2, 0.25) is 15.9 Å². The lowest BCUT2D eigenvalue weighted by molar-refractivity contribution is 0.0568. The zero-order chi connectivity index (χ0) is 20.1. The molecule has 0 spiro atoms. The highest BCUT2D eigenvalue weighted by atomic mass is 32.2. The summed E-state index contributed by atoms with van der Waals surface area (Å²) in [5.74, 6) is 1.29. The third kappa shape index (κ3) is 3.55. The Morgan fingerprint density at radius 3 is 2.46 bits per heavy atom. The number of carbonyl (C=O) groups is 1. The van der Waals surface area contributed by atoms with Gasteiger partial charge in [-0.25, -0.2) is 12.7 Å². The molecular weight excluding hydrogens is 384 g/mol. The van der Waals surface area contributed by atoms with Crippen LogP contribution in [0.3, 0.4) is 0 Å². The molecule has 0 aromatic carbocycles. The molecule has 0 atom stereocenters. The van der Waals surface area contributed by atoms with E-state index in [0.29, 0.717) is 56.3 Å². The number of carbonyl (C=O) groups excluding carboxylic acids is 1. The van der Waals surface area contributed by atoms with Crippen molar-refractivity contribution in [1.29, 1.82) is 0 Å². The Hall–Kier alpha value is -2.27. The van der Waals surface area contributed by atoms with Crippen molar-refractivity contribution in [2.24, 2.45) is 7.05 Å². The number of amides is 1. The Labute approximate surface area is 163 Å². The number of likely N-dealkylation sites (tertiary alicyclic amines) is 1. The van der Waals surface area contributed by atoms with Gasteiger partial charge >= 0.3 is 0 Å². The van der Waals surface area contributed by atoms with Crippen molar-refractivity contribution in [3.8, 4) is 0 Å². The van der Waals surface area contributed by atoms with Crippen LogP contribution in [0.25, 0.3) is 0 Å². The minimum Gasteiger partial charge on any atom is -0.339 e. The molecular formula is C17H24N6O4S. The van der Waals surface area contributed by atoms with Gasteiger partial charge in [-0.05, 0) is 19.8 Å². The van der Waals surface area contributed by atoms with Gasteiger partial charge in [0.15, 0.2) is 5.82 Å². The van der Waals surface area contributed by atoms with Gasteiger partial charge in [0.25, 0.3) is 5.91 Å². The standard InChI is InChI=1S/C17H24N6O4S/c1-11-14(10-21(2)19-11)17(24)22-8-13(9-22)16-18-15(20-27-16)12-4-6-23(7-5-12)28(3,25)26/h10,12-13H,4-9H2,1-3H3. The maximum Gasteiger partial charge on any atom is 0.257 e.